The predicted octanol–water partition coefficient (Wildman–Crippen LogP) is 4.24. The van der Waals surface area contributed by atoms with E-state index in [1.54, 1.807) is 0 Å². The standard InChI is InChI=1S/C13H16BrF2N/c1-2-10-4-3-5-17(10)13-11(15)6-9(8-14)7-12(13)16/h6-7,10H,2-5,8H2,1H3. The summed E-state index contributed by atoms with van der Waals surface area (Å²) in [6.45, 7) is 2.81. The SMILES string of the molecule is CCC1CCCN1c1c(F)cc(CBr)cc1F. The third-order valence-corrected chi connectivity index (χ3v) is 4.01. The Morgan fingerprint density at radius 1 is 1.35 bits per heavy atom. The van der Waals surface area contributed by atoms with Crippen molar-refractivity contribution in [3.63, 3.8) is 0 Å². The average Bonchev–Trinajstić information content (AvgIpc) is 2.76. The lowest BCUT2D eigenvalue weighted by atomic mass is 10.1. The fourth-order valence-electron chi connectivity index (χ4n) is 2.52. The summed E-state index contributed by atoms with van der Waals surface area (Å²) in [5, 5.41) is 0.471. The molecule has 1 aliphatic heterocycles. The maximum Gasteiger partial charge on any atom is 0.149 e. The second kappa shape index (κ2) is 5.34. The van der Waals surface area contributed by atoms with E-state index in [4.69, 9.17) is 0 Å². The van der Waals surface area contributed by atoms with E-state index >= 15 is 0 Å². The summed E-state index contributed by atoms with van der Waals surface area (Å²) in [6, 6.07) is 3.10. The van der Waals surface area contributed by atoms with Gasteiger partial charge in [-0.05, 0) is 37.0 Å². The normalized spacial score (nSPS) is 20.0. The van der Waals surface area contributed by atoms with Crippen LogP contribution in [0.4, 0.5) is 14.5 Å². The smallest absolute Gasteiger partial charge is 0.149 e. The Balaban J connectivity index is 2.38. The third kappa shape index (κ3) is 2.46. The number of hydrogen-bond donors (Lipinski definition) is 0. The number of nitrogens with zero attached hydrogens (tertiary/aromatic N) is 1. The fourth-order valence-corrected chi connectivity index (χ4v) is 2.85. The van der Waals surface area contributed by atoms with Gasteiger partial charge in [-0.15, -0.1) is 0 Å². The highest BCUT2D eigenvalue weighted by Gasteiger charge is 2.27. The monoisotopic (exact) mass is 303 g/mol. The molecule has 1 fully saturated rings. The first-order chi connectivity index (χ1) is 8.17. The molecule has 0 aliphatic carbocycles. The van der Waals surface area contributed by atoms with Crippen LogP contribution in [0.5, 0.6) is 0 Å². The van der Waals surface area contributed by atoms with Crippen LogP contribution in [0.3, 0.4) is 0 Å². The van der Waals surface area contributed by atoms with Crippen LogP contribution < -0.4 is 4.90 Å². The van der Waals surface area contributed by atoms with Crippen LogP contribution in [-0.2, 0) is 5.33 Å². The molecule has 1 saturated heterocycles. The first-order valence-electron chi connectivity index (χ1n) is 5.98. The predicted molar refractivity (Wildman–Crippen MR) is 69.6 cm³/mol. The lowest BCUT2D eigenvalue weighted by Gasteiger charge is -2.27. The van der Waals surface area contributed by atoms with Crippen molar-refractivity contribution < 1.29 is 8.78 Å². The molecule has 1 atom stereocenters. The maximum atomic E-state index is 14.0. The quantitative estimate of drug-likeness (QED) is 0.755. The number of rotatable bonds is 3. The second-order valence-electron chi connectivity index (χ2n) is 4.44. The summed E-state index contributed by atoms with van der Waals surface area (Å²) in [5.41, 5.74) is 0.787. The Morgan fingerprint density at radius 2 is 2.00 bits per heavy atom. The molecule has 94 valence electrons. The minimum atomic E-state index is -0.445. The van der Waals surface area contributed by atoms with Crippen molar-refractivity contribution in [3.05, 3.63) is 29.3 Å². The van der Waals surface area contributed by atoms with Gasteiger partial charge < -0.3 is 4.90 Å². The van der Waals surface area contributed by atoms with Gasteiger partial charge in [0.15, 0.2) is 0 Å². The molecule has 1 aromatic carbocycles. The van der Waals surface area contributed by atoms with E-state index in [2.05, 4.69) is 22.9 Å². The third-order valence-electron chi connectivity index (χ3n) is 3.37. The Hall–Kier alpha value is -0.640. The number of alkyl halides is 1. The summed E-state index contributed by atoms with van der Waals surface area (Å²) in [4.78, 5) is 1.88. The van der Waals surface area contributed by atoms with Crippen LogP contribution in [0.1, 0.15) is 31.7 Å². The van der Waals surface area contributed by atoms with Crippen molar-refractivity contribution in [2.75, 3.05) is 11.4 Å². The van der Waals surface area contributed by atoms with Gasteiger partial charge in [0, 0.05) is 17.9 Å². The van der Waals surface area contributed by atoms with Crippen LogP contribution in [0.25, 0.3) is 0 Å². The lowest BCUT2D eigenvalue weighted by Crippen LogP contribution is -2.30. The lowest BCUT2D eigenvalue weighted by molar-refractivity contribution is 0.555. The van der Waals surface area contributed by atoms with Crippen molar-refractivity contribution in [2.24, 2.45) is 0 Å². The average molecular weight is 304 g/mol. The van der Waals surface area contributed by atoms with Crippen molar-refractivity contribution in [1.82, 2.24) is 0 Å². The molecule has 1 aromatic rings. The number of hydrogen-bond acceptors (Lipinski definition) is 1. The number of benzene rings is 1. The molecule has 0 saturated carbocycles. The van der Waals surface area contributed by atoms with Gasteiger partial charge in [-0.25, -0.2) is 8.78 Å². The summed E-state index contributed by atoms with van der Waals surface area (Å²) in [7, 11) is 0. The molecule has 0 N–H and O–H groups in total. The molecule has 0 aromatic heterocycles. The van der Waals surface area contributed by atoms with Crippen molar-refractivity contribution >= 4 is 21.6 Å². The summed E-state index contributed by atoms with van der Waals surface area (Å²) in [5.74, 6) is -0.889. The van der Waals surface area contributed by atoms with E-state index in [1.165, 1.54) is 12.1 Å². The van der Waals surface area contributed by atoms with Gasteiger partial charge in [0.05, 0.1) is 0 Å². The number of anilines is 1. The van der Waals surface area contributed by atoms with Gasteiger partial charge in [0.2, 0.25) is 0 Å². The summed E-state index contributed by atoms with van der Waals surface area (Å²) in [6.07, 6.45) is 2.96. The van der Waals surface area contributed by atoms with Crippen LogP contribution >= 0.6 is 15.9 Å². The van der Waals surface area contributed by atoms with E-state index in [1.807, 2.05) is 4.90 Å². The van der Waals surface area contributed by atoms with E-state index in [-0.39, 0.29) is 11.7 Å². The van der Waals surface area contributed by atoms with Crippen molar-refractivity contribution in [2.45, 2.75) is 37.6 Å². The molecule has 1 aliphatic rings. The fraction of sp³-hybridized carbons (Fsp3) is 0.538. The minimum absolute atomic E-state index is 0.152. The molecule has 17 heavy (non-hydrogen) atoms. The van der Waals surface area contributed by atoms with Gasteiger partial charge >= 0.3 is 0 Å². The first kappa shape index (κ1) is 12.8. The largest absolute Gasteiger partial charge is 0.364 e. The maximum absolute atomic E-state index is 14.0. The second-order valence-corrected chi connectivity index (χ2v) is 5.00. The molecule has 1 unspecified atom stereocenters. The highest BCUT2D eigenvalue weighted by atomic mass is 79.9. The zero-order chi connectivity index (χ0) is 12.4. The highest BCUT2D eigenvalue weighted by molar-refractivity contribution is 9.08. The minimum Gasteiger partial charge on any atom is -0.364 e. The molecule has 2 rings (SSSR count). The Bertz CT molecular complexity index is 385. The van der Waals surface area contributed by atoms with Crippen LogP contribution in [0.2, 0.25) is 0 Å². The molecule has 1 heterocycles. The van der Waals surface area contributed by atoms with Gasteiger partial charge in [-0.3, -0.25) is 0 Å². The zero-order valence-corrected chi connectivity index (χ0v) is 11.4. The molecule has 0 spiro atoms. The van der Waals surface area contributed by atoms with E-state index in [9.17, 15) is 8.78 Å². The molecular weight excluding hydrogens is 288 g/mol. The Kier molecular flexibility index (Phi) is 4.02. The first-order valence-corrected chi connectivity index (χ1v) is 7.10. The molecule has 0 amide bonds. The zero-order valence-electron chi connectivity index (χ0n) is 9.85. The number of halogens is 3. The van der Waals surface area contributed by atoms with Gasteiger partial charge in [0.1, 0.15) is 17.3 Å². The Morgan fingerprint density at radius 3 is 2.53 bits per heavy atom. The van der Waals surface area contributed by atoms with Crippen LogP contribution in [-0.4, -0.2) is 12.6 Å². The molecular formula is C13H16BrF2N. The van der Waals surface area contributed by atoms with Gasteiger partial charge in [-0.2, -0.15) is 0 Å². The molecule has 1 nitrogen and oxygen atoms in total. The molecule has 4 heteroatoms. The highest BCUT2D eigenvalue weighted by Crippen LogP contribution is 2.32. The Labute approximate surface area is 109 Å². The van der Waals surface area contributed by atoms with E-state index < -0.39 is 11.6 Å². The molecule has 0 radical (unpaired) electrons. The molecule has 0 bridgehead atoms. The van der Waals surface area contributed by atoms with Gasteiger partial charge in [0.25, 0.3) is 0 Å². The topological polar surface area (TPSA) is 3.24 Å². The van der Waals surface area contributed by atoms with E-state index in [0.29, 0.717) is 10.9 Å². The van der Waals surface area contributed by atoms with Crippen molar-refractivity contribution in [3.8, 4) is 0 Å². The summed E-state index contributed by atoms with van der Waals surface area (Å²) >= 11 is 3.21. The van der Waals surface area contributed by atoms with Crippen molar-refractivity contribution in [1.29, 1.82) is 0 Å². The van der Waals surface area contributed by atoms with Gasteiger partial charge in [-0.1, -0.05) is 22.9 Å². The van der Waals surface area contributed by atoms with Crippen LogP contribution in [0, 0.1) is 11.6 Å². The van der Waals surface area contributed by atoms with Crippen LogP contribution in [0.15, 0.2) is 12.1 Å². The van der Waals surface area contributed by atoms with E-state index in [0.717, 1.165) is 25.8 Å². The summed E-state index contributed by atoms with van der Waals surface area (Å²) < 4.78 is 27.9.